The zero-order valence-corrected chi connectivity index (χ0v) is 14.7. The van der Waals surface area contributed by atoms with E-state index in [1.807, 2.05) is 0 Å². The number of hydrogen-bond donors (Lipinski definition) is 0. The van der Waals surface area contributed by atoms with Crippen LogP contribution in [0.5, 0.6) is 11.5 Å². The molecule has 0 aliphatic carbocycles. The summed E-state index contributed by atoms with van der Waals surface area (Å²) in [7, 11) is 2.16. The quantitative estimate of drug-likeness (QED) is 0.653. The van der Waals surface area contributed by atoms with Gasteiger partial charge in [-0.1, -0.05) is 50.7 Å². The Balaban J connectivity index is 3.25. The molecular weight excluding hydrogens is 264 g/mol. The predicted molar refractivity (Wildman–Crippen MR) is 90.5 cm³/mol. The predicted octanol–water partition coefficient (Wildman–Crippen LogP) is 5.07. The summed E-state index contributed by atoms with van der Waals surface area (Å²) in [6.07, 6.45) is 2.22. The Hall–Kier alpha value is -1.22. The van der Waals surface area contributed by atoms with E-state index < -0.39 is 8.07 Å². The van der Waals surface area contributed by atoms with Gasteiger partial charge in [-0.15, -0.1) is 0 Å². The van der Waals surface area contributed by atoms with Gasteiger partial charge in [0.1, 0.15) is 11.5 Å². The first-order chi connectivity index (χ1) is 9.55. The molecule has 0 radical (unpaired) electrons. The van der Waals surface area contributed by atoms with Gasteiger partial charge in [0.2, 0.25) is 0 Å². The Morgan fingerprint density at radius 2 is 1.40 bits per heavy atom. The summed E-state index contributed by atoms with van der Waals surface area (Å²) in [4.78, 5) is 0. The van der Waals surface area contributed by atoms with E-state index in [4.69, 9.17) is 9.47 Å². The van der Waals surface area contributed by atoms with E-state index in [1.54, 1.807) is 14.2 Å². The molecule has 0 N–H and O–H groups in total. The molecule has 0 bridgehead atoms. The molecule has 0 unspecified atom stereocenters. The normalized spacial score (nSPS) is 11.9. The van der Waals surface area contributed by atoms with Crippen LogP contribution in [0.4, 0.5) is 0 Å². The first-order valence-electron chi connectivity index (χ1n) is 7.47. The molecule has 0 saturated heterocycles. The number of benzene rings is 1. The molecule has 0 aromatic heterocycles. The number of hydrogen-bond acceptors (Lipinski definition) is 2. The molecule has 1 aromatic carbocycles. The van der Waals surface area contributed by atoms with E-state index in [1.165, 1.54) is 18.1 Å². The van der Waals surface area contributed by atoms with Gasteiger partial charge in [0, 0.05) is 0 Å². The highest BCUT2D eigenvalue weighted by Crippen LogP contribution is 2.33. The summed E-state index contributed by atoms with van der Waals surface area (Å²) < 4.78 is 11.0. The first-order valence-corrected chi connectivity index (χ1v) is 10.2. The molecule has 0 aliphatic rings. The van der Waals surface area contributed by atoms with Crippen molar-refractivity contribution in [1.29, 1.82) is 0 Å². The van der Waals surface area contributed by atoms with Crippen molar-refractivity contribution in [2.45, 2.75) is 45.8 Å². The zero-order valence-electron chi connectivity index (χ0n) is 13.7. The van der Waals surface area contributed by atoms with E-state index >= 15 is 0 Å². The van der Waals surface area contributed by atoms with Crippen LogP contribution < -0.4 is 9.47 Å². The summed E-state index contributed by atoms with van der Waals surface area (Å²) in [5, 5.41) is 0. The van der Waals surface area contributed by atoms with Gasteiger partial charge in [0.25, 0.3) is 0 Å². The SMILES string of the molecule is CC[Si](/C=C/c1c(OC)cc(C)cc1OC)(CC)CC. The molecule has 112 valence electrons. The summed E-state index contributed by atoms with van der Waals surface area (Å²) in [6.45, 7) is 9.00. The van der Waals surface area contributed by atoms with Crippen molar-refractivity contribution in [2.24, 2.45) is 0 Å². The third-order valence-corrected chi connectivity index (χ3v) is 9.50. The van der Waals surface area contributed by atoms with E-state index in [0.29, 0.717) is 0 Å². The van der Waals surface area contributed by atoms with Crippen LogP contribution in [-0.4, -0.2) is 22.3 Å². The number of rotatable bonds is 7. The van der Waals surface area contributed by atoms with Gasteiger partial charge in [-0.3, -0.25) is 0 Å². The molecule has 0 fully saturated rings. The minimum absolute atomic E-state index is 0.893. The summed E-state index contributed by atoms with van der Waals surface area (Å²) >= 11 is 0. The second-order valence-electron chi connectivity index (χ2n) is 5.34. The molecule has 1 rings (SSSR count). The van der Waals surface area contributed by atoms with Crippen molar-refractivity contribution in [3.05, 3.63) is 29.0 Å². The van der Waals surface area contributed by atoms with Crippen LogP contribution in [0, 0.1) is 6.92 Å². The molecular formula is C17H28O2Si. The molecule has 20 heavy (non-hydrogen) atoms. The Bertz CT molecular complexity index is 429. The maximum atomic E-state index is 5.52. The van der Waals surface area contributed by atoms with Gasteiger partial charge >= 0.3 is 0 Å². The molecule has 0 atom stereocenters. The molecule has 0 saturated carbocycles. The van der Waals surface area contributed by atoms with Crippen LogP contribution in [-0.2, 0) is 0 Å². The van der Waals surface area contributed by atoms with Gasteiger partial charge < -0.3 is 9.47 Å². The molecule has 1 aromatic rings. The minimum Gasteiger partial charge on any atom is -0.496 e. The Kier molecular flexibility index (Phi) is 6.34. The fraction of sp³-hybridized carbons (Fsp3) is 0.529. The molecule has 0 aliphatic heterocycles. The largest absolute Gasteiger partial charge is 0.496 e. The van der Waals surface area contributed by atoms with E-state index in [-0.39, 0.29) is 0 Å². The number of ether oxygens (including phenoxy) is 2. The van der Waals surface area contributed by atoms with Crippen LogP contribution in [0.15, 0.2) is 17.8 Å². The van der Waals surface area contributed by atoms with Crippen molar-refractivity contribution >= 4 is 14.1 Å². The summed E-state index contributed by atoms with van der Waals surface area (Å²) in [6, 6.07) is 7.98. The number of methoxy groups -OCH3 is 2. The molecule has 3 heteroatoms. The van der Waals surface area contributed by atoms with Crippen LogP contribution in [0.2, 0.25) is 18.1 Å². The minimum atomic E-state index is -1.28. The molecule has 2 nitrogen and oxygen atoms in total. The molecule has 0 amide bonds. The average molecular weight is 292 g/mol. The van der Waals surface area contributed by atoms with Crippen molar-refractivity contribution in [2.75, 3.05) is 14.2 Å². The third-order valence-electron chi connectivity index (χ3n) is 4.40. The van der Waals surface area contributed by atoms with Gasteiger partial charge in [0.05, 0.1) is 27.9 Å². The standard InChI is InChI=1S/C17H28O2Si/c1-7-20(8-2,9-3)11-10-15-16(18-5)12-14(4)13-17(15)19-6/h10-13H,7-9H2,1-6H3/b11-10+. The maximum Gasteiger partial charge on any atom is 0.130 e. The maximum absolute atomic E-state index is 5.52. The van der Waals surface area contributed by atoms with E-state index in [2.05, 4.69) is 51.6 Å². The Morgan fingerprint density at radius 3 is 1.75 bits per heavy atom. The fourth-order valence-electron chi connectivity index (χ4n) is 2.60. The van der Waals surface area contributed by atoms with Crippen LogP contribution in [0.3, 0.4) is 0 Å². The lowest BCUT2D eigenvalue weighted by Crippen LogP contribution is -2.28. The second kappa shape index (κ2) is 7.53. The Morgan fingerprint density at radius 1 is 0.950 bits per heavy atom. The van der Waals surface area contributed by atoms with E-state index in [0.717, 1.165) is 22.6 Å². The lowest BCUT2D eigenvalue weighted by molar-refractivity contribution is 0.392. The summed E-state index contributed by atoms with van der Waals surface area (Å²) in [5.41, 5.74) is 4.68. The topological polar surface area (TPSA) is 18.5 Å². The Labute approximate surface area is 124 Å². The van der Waals surface area contributed by atoms with Gasteiger partial charge in [-0.25, -0.2) is 0 Å². The van der Waals surface area contributed by atoms with E-state index in [9.17, 15) is 0 Å². The van der Waals surface area contributed by atoms with Gasteiger partial charge in [0.15, 0.2) is 0 Å². The van der Waals surface area contributed by atoms with Gasteiger partial charge in [-0.05, 0) is 24.6 Å². The highest BCUT2D eigenvalue weighted by atomic mass is 28.3. The molecule has 0 heterocycles. The zero-order chi connectivity index (χ0) is 15.2. The van der Waals surface area contributed by atoms with Crippen LogP contribution in [0.25, 0.3) is 6.08 Å². The summed E-state index contributed by atoms with van der Waals surface area (Å²) in [5.74, 6) is 1.79. The first kappa shape index (κ1) is 16.8. The second-order valence-corrected chi connectivity index (χ2v) is 10.5. The van der Waals surface area contributed by atoms with Crippen molar-refractivity contribution in [3.8, 4) is 11.5 Å². The number of aryl methyl sites for hydroxylation is 1. The molecule has 0 spiro atoms. The van der Waals surface area contributed by atoms with Crippen molar-refractivity contribution in [1.82, 2.24) is 0 Å². The smallest absolute Gasteiger partial charge is 0.130 e. The highest BCUT2D eigenvalue weighted by molar-refractivity contribution is 6.84. The average Bonchev–Trinajstić information content (AvgIpc) is 2.49. The van der Waals surface area contributed by atoms with Crippen molar-refractivity contribution in [3.63, 3.8) is 0 Å². The van der Waals surface area contributed by atoms with Gasteiger partial charge in [-0.2, -0.15) is 0 Å². The van der Waals surface area contributed by atoms with Crippen LogP contribution >= 0.6 is 0 Å². The van der Waals surface area contributed by atoms with Crippen LogP contribution in [0.1, 0.15) is 31.9 Å². The lowest BCUT2D eigenvalue weighted by atomic mass is 10.1. The highest BCUT2D eigenvalue weighted by Gasteiger charge is 2.23. The monoisotopic (exact) mass is 292 g/mol. The van der Waals surface area contributed by atoms with Crippen molar-refractivity contribution < 1.29 is 9.47 Å². The fourth-order valence-corrected chi connectivity index (χ4v) is 5.33. The third kappa shape index (κ3) is 3.66. The lowest BCUT2D eigenvalue weighted by Gasteiger charge is -2.24.